The van der Waals surface area contributed by atoms with E-state index in [-0.39, 0.29) is 25.1 Å². The number of thiophene rings is 1. The van der Waals surface area contributed by atoms with Gasteiger partial charge in [0.25, 0.3) is 0 Å². The molecule has 0 radical (unpaired) electrons. The number of ether oxygens (including phenoxy) is 3. The van der Waals surface area contributed by atoms with Crippen molar-refractivity contribution in [3.63, 3.8) is 0 Å². The minimum atomic E-state index is -0.704. The molecule has 1 aliphatic rings. The van der Waals surface area contributed by atoms with Crippen LogP contribution in [0.5, 0.6) is 11.5 Å². The summed E-state index contributed by atoms with van der Waals surface area (Å²) in [5.74, 6) is 1.42. The Kier molecular flexibility index (Phi) is 10.2. The Morgan fingerprint density at radius 3 is 2.91 bits per heavy atom. The Morgan fingerprint density at radius 1 is 1.32 bits per heavy atom. The molecule has 1 aromatic carbocycles. The first-order chi connectivity index (χ1) is 16.5. The first kappa shape index (κ1) is 26.0. The summed E-state index contributed by atoms with van der Waals surface area (Å²) in [6.07, 6.45) is 3.50. The van der Waals surface area contributed by atoms with E-state index in [0.717, 1.165) is 17.7 Å². The van der Waals surface area contributed by atoms with Gasteiger partial charge in [-0.25, -0.2) is 0 Å². The fourth-order valence-electron chi connectivity index (χ4n) is 4.05. The van der Waals surface area contributed by atoms with E-state index >= 15 is 0 Å². The number of aliphatic hydroxyl groups excluding tert-OH is 1. The van der Waals surface area contributed by atoms with Crippen LogP contribution in [0.1, 0.15) is 16.5 Å². The van der Waals surface area contributed by atoms with Crippen molar-refractivity contribution in [3.05, 3.63) is 71.5 Å². The highest BCUT2D eigenvalue weighted by molar-refractivity contribution is 7.10. The van der Waals surface area contributed by atoms with Gasteiger partial charge < -0.3 is 24.2 Å². The number of methoxy groups -OCH3 is 1. The molecule has 1 N–H and O–H groups in total. The molecule has 3 rings (SSSR count). The fraction of sp³-hybridized carbons (Fsp3) is 0.423. The molecule has 0 saturated carbocycles. The zero-order chi connectivity index (χ0) is 24.3. The van der Waals surface area contributed by atoms with Crippen molar-refractivity contribution >= 4 is 17.2 Å². The van der Waals surface area contributed by atoms with Gasteiger partial charge in [0, 0.05) is 30.6 Å². The highest BCUT2D eigenvalue weighted by atomic mass is 32.1. The molecule has 1 aromatic heterocycles. The summed E-state index contributed by atoms with van der Waals surface area (Å²) in [4.78, 5) is 18.5. The summed E-state index contributed by atoms with van der Waals surface area (Å²) in [6, 6.07) is 9.37. The van der Waals surface area contributed by atoms with Gasteiger partial charge in [0.15, 0.2) is 0 Å². The van der Waals surface area contributed by atoms with Gasteiger partial charge in [-0.15, -0.1) is 24.5 Å². The second kappa shape index (κ2) is 13.3. The molecule has 0 bridgehead atoms. The van der Waals surface area contributed by atoms with Gasteiger partial charge in [-0.2, -0.15) is 0 Å². The summed E-state index contributed by atoms with van der Waals surface area (Å²) in [6.45, 7) is 9.94. The Bertz CT molecular complexity index is 947. The summed E-state index contributed by atoms with van der Waals surface area (Å²) in [5.41, 5.74) is 1.14. The zero-order valence-electron chi connectivity index (χ0n) is 19.7. The van der Waals surface area contributed by atoms with E-state index in [4.69, 9.17) is 14.2 Å². The Hall–Kier alpha value is -2.65. The van der Waals surface area contributed by atoms with Crippen molar-refractivity contribution in [3.8, 4) is 11.5 Å². The molecule has 2 heterocycles. The third-order valence-corrected chi connectivity index (χ3v) is 6.62. The first-order valence-electron chi connectivity index (χ1n) is 11.4. The largest absolute Gasteiger partial charge is 0.497 e. The highest BCUT2D eigenvalue weighted by Gasteiger charge is 2.33. The molecule has 7 nitrogen and oxygen atoms in total. The lowest BCUT2D eigenvalue weighted by atomic mass is 10.0. The van der Waals surface area contributed by atoms with Crippen LogP contribution in [-0.2, 0) is 16.0 Å². The fourth-order valence-corrected chi connectivity index (χ4v) is 4.98. The van der Waals surface area contributed by atoms with E-state index in [1.54, 1.807) is 30.6 Å². The molecule has 0 saturated heterocycles. The van der Waals surface area contributed by atoms with Gasteiger partial charge in [0.05, 0.1) is 39.0 Å². The molecule has 1 amide bonds. The lowest BCUT2D eigenvalue weighted by molar-refractivity contribution is -0.136. The van der Waals surface area contributed by atoms with Gasteiger partial charge in [-0.05, 0) is 35.6 Å². The van der Waals surface area contributed by atoms with Crippen LogP contribution in [-0.4, -0.2) is 80.0 Å². The number of aliphatic hydroxyl groups is 1. The number of carbonyl (C=O) groups excluding carboxylic acids is 1. The SMILES string of the molecule is C=CCOC[C@H](O)CN(CC=C)CC(=O)N1CCc2sccc2[C@@H]1COc1cccc(OC)c1. The van der Waals surface area contributed by atoms with E-state index < -0.39 is 6.10 Å². The molecule has 8 heteroatoms. The maximum Gasteiger partial charge on any atom is 0.237 e. The lowest BCUT2D eigenvalue weighted by Crippen LogP contribution is -2.48. The van der Waals surface area contributed by atoms with Crippen LogP contribution in [0, 0.1) is 0 Å². The summed E-state index contributed by atoms with van der Waals surface area (Å²) in [5, 5.41) is 12.4. The number of nitrogens with zero attached hydrogens (tertiary/aromatic N) is 2. The van der Waals surface area contributed by atoms with Crippen molar-refractivity contribution in [2.45, 2.75) is 18.6 Å². The third-order valence-electron chi connectivity index (χ3n) is 5.63. The van der Waals surface area contributed by atoms with Crippen molar-refractivity contribution in [2.24, 2.45) is 0 Å². The van der Waals surface area contributed by atoms with Crippen molar-refractivity contribution < 1.29 is 24.1 Å². The Morgan fingerprint density at radius 2 is 2.15 bits per heavy atom. The summed E-state index contributed by atoms with van der Waals surface area (Å²) < 4.78 is 16.7. The second-order valence-corrected chi connectivity index (χ2v) is 9.11. The number of carbonyl (C=O) groups is 1. The van der Waals surface area contributed by atoms with Crippen molar-refractivity contribution in [1.29, 1.82) is 0 Å². The van der Waals surface area contributed by atoms with Crippen LogP contribution in [0.25, 0.3) is 0 Å². The number of amides is 1. The predicted molar refractivity (Wildman–Crippen MR) is 135 cm³/mol. The maximum atomic E-state index is 13.4. The molecule has 2 aromatic rings. The molecule has 0 unspecified atom stereocenters. The maximum absolute atomic E-state index is 13.4. The van der Waals surface area contributed by atoms with Crippen LogP contribution in [0.2, 0.25) is 0 Å². The van der Waals surface area contributed by atoms with Gasteiger partial charge in [-0.3, -0.25) is 9.69 Å². The number of rotatable bonds is 14. The van der Waals surface area contributed by atoms with Gasteiger partial charge in [-0.1, -0.05) is 18.2 Å². The molecule has 0 fully saturated rings. The molecule has 184 valence electrons. The van der Waals surface area contributed by atoms with Crippen molar-refractivity contribution in [2.75, 3.05) is 53.1 Å². The van der Waals surface area contributed by atoms with Crippen LogP contribution >= 0.6 is 11.3 Å². The Labute approximate surface area is 205 Å². The molecule has 0 spiro atoms. The second-order valence-electron chi connectivity index (χ2n) is 8.10. The quantitative estimate of drug-likeness (QED) is 0.326. The standard InChI is InChI=1S/C26H34N2O5S/c1-4-11-27(16-20(29)18-32-13-5-2)17-26(30)28-12-9-25-23(10-14-34-25)24(28)19-33-22-8-6-7-21(15-22)31-3/h4-8,10,14-15,20,24,29H,1-2,9,11-13,16-19H2,3H3/t20-,24+/m1/s1. The predicted octanol–water partition coefficient (Wildman–Crippen LogP) is 3.31. The monoisotopic (exact) mass is 486 g/mol. The number of benzene rings is 1. The van der Waals surface area contributed by atoms with Crippen LogP contribution in [0.15, 0.2) is 61.0 Å². The van der Waals surface area contributed by atoms with E-state index in [1.807, 2.05) is 34.1 Å². The van der Waals surface area contributed by atoms with E-state index in [1.165, 1.54) is 4.88 Å². The number of hydrogen-bond acceptors (Lipinski definition) is 7. The lowest BCUT2D eigenvalue weighted by Gasteiger charge is -2.37. The number of hydrogen-bond donors (Lipinski definition) is 1. The van der Waals surface area contributed by atoms with Crippen LogP contribution < -0.4 is 9.47 Å². The van der Waals surface area contributed by atoms with E-state index in [9.17, 15) is 9.90 Å². The van der Waals surface area contributed by atoms with E-state index in [2.05, 4.69) is 24.6 Å². The average molecular weight is 487 g/mol. The molecule has 34 heavy (non-hydrogen) atoms. The third kappa shape index (κ3) is 7.17. The zero-order valence-corrected chi connectivity index (χ0v) is 20.5. The molecular formula is C26H34N2O5S. The van der Waals surface area contributed by atoms with E-state index in [0.29, 0.717) is 38.6 Å². The first-order valence-corrected chi connectivity index (χ1v) is 12.3. The van der Waals surface area contributed by atoms with Crippen molar-refractivity contribution in [1.82, 2.24) is 9.80 Å². The molecule has 1 aliphatic heterocycles. The summed E-state index contributed by atoms with van der Waals surface area (Å²) >= 11 is 1.72. The average Bonchev–Trinajstić information content (AvgIpc) is 3.32. The molecule has 0 aliphatic carbocycles. The molecular weight excluding hydrogens is 452 g/mol. The van der Waals surface area contributed by atoms with Gasteiger partial charge in [0.2, 0.25) is 5.91 Å². The van der Waals surface area contributed by atoms with Gasteiger partial charge >= 0.3 is 0 Å². The summed E-state index contributed by atoms with van der Waals surface area (Å²) in [7, 11) is 1.62. The highest BCUT2D eigenvalue weighted by Crippen LogP contribution is 2.34. The minimum Gasteiger partial charge on any atom is -0.497 e. The Balaban J connectivity index is 1.68. The van der Waals surface area contributed by atoms with Crippen LogP contribution in [0.3, 0.4) is 0 Å². The van der Waals surface area contributed by atoms with Crippen LogP contribution in [0.4, 0.5) is 0 Å². The number of fused-ring (bicyclic) bond motifs is 1. The minimum absolute atomic E-state index is 0.00264. The van der Waals surface area contributed by atoms with Gasteiger partial charge in [0.1, 0.15) is 18.1 Å². The smallest absolute Gasteiger partial charge is 0.237 e. The topological polar surface area (TPSA) is 71.5 Å². The molecule has 2 atom stereocenters. The normalized spacial score (nSPS) is 16.1.